The first kappa shape index (κ1) is 21.4. The van der Waals surface area contributed by atoms with Crippen molar-refractivity contribution in [2.75, 3.05) is 0 Å². The van der Waals surface area contributed by atoms with E-state index in [1.165, 1.54) is 18.2 Å². The molecule has 0 atom stereocenters. The highest BCUT2D eigenvalue weighted by Crippen LogP contribution is 2.33. The molecule has 0 heterocycles. The third-order valence-electron chi connectivity index (χ3n) is 3.39. The van der Waals surface area contributed by atoms with Gasteiger partial charge in [0, 0.05) is 6.04 Å². The standard InChI is InChI=1S/C20H17BrFIN2O2/c1-12(2)25-20(26)15(10-24)6-14-8-17(21)19(18(23)9-14)27-11-13-4-3-5-16(22)7-13/h3-9,12H,11H2,1-2H3,(H,25,26)/b15-6-. The highest BCUT2D eigenvalue weighted by Gasteiger charge is 2.13. The van der Waals surface area contributed by atoms with Gasteiger partial charge < -0.3 is 10.1 Å². The molecular formula is C20H17BrFIN2O2. The summed E-state index contributed by atoms with van der Waals surface area (Å²) in [4.78, 5) is 12.0. The topological polar surface area (TPSA) is 62.1 Å². The number of hydrogen-bond acceptors (Lipinski definition) is 3. The quantitative estimate of drug-likeness (QED) is 0.310. The fourth-order valence-electron chi connectivity index (χ4n) is 2.24. The molecule has 0 spiro atoms. The number of carbonyl (C=O) groups excluding carboxylic acids is 1. The van der Waals surface area contributed by atoms with Crippen LogP contribution in [0.2, 0.25) is 0 Å². The number of halogens is 3. The summed E-state index contributed by atoms with van der Waals surface area (Å²) in [7, 11) is 0. The predicted octanol–water partition coefficient (Wildman–Crippen LogP) is 5.20. The van der Waals surface area contributed by atoms with Gasteiger partial charge in [-0.1, -0.05) is 12.1 Å². The number of carbonyl (C=O) groups is 1. The third kappa shape index (κ3) is 6.33. The second-order valence-corrected chi connectivity index (χ2v) is 8.05. The summed E-state index contributed by atoms with van der Waals surface area (Å²) in [6.07, 6.45) is 1.53. The highest BCUT2D eigenvalue weighted by atomic mass is 127. The molecule has 0 aromatic heterocycles. The number of nitriles is 1. The van der Waals surface area contributed by atoms with Crippen LogP contribution in [-0.4, -0.2) is 11.9 Å². The maximum absolute atomic E-state index is 13.3. The molecule has 2 rings (SSSR count). The zero-order valence-corrected chi connectivity index (χ0v) is 18.5. The Hall–Kier alpha value is -1.92. The molecule has 0 fully saturated rings. The lowest BCUT2D eigenvalue weighted by Gasteiger charge is -2.12. The molecule has 0 aliphatic heterocycles. The summed E-state index contributed by atoms with van der Waals surface area (Å²) < 4.78 is 20.6. The minimum absolute atomic E-state index is 0.0276. The molecule has 2 aromatic carbocycles. The lowest BCUT2D eigenvalue weighted by atomic mass is 10.1. The maximum atomic E-state index is 13.3. The third-order valence-corrected chi connectivity index (χ3v) is 4.78. The van der Waals surface area contributed by atoms with Crippen molar-refractivity contribution in [2.24, 2.45) is 0 Å². The molecule has 4 nitrogen and oxygen atoms in total. The first-order chi connectivity index (χ1) is 12.8. The first-order valence-corrected chi connectivity index (χ1v) is 9.96. The van der Waals surface area contributed by atoms with Crippen molar-refractivity contribution in [3.8, 4) is 11.8 Å². The number of nitrogens with one attached hydrogen (secondary N) is 1. The van der Waals surface area contributed by atoms with E-state index in [2.05, 4.69) is 43.8 Å². The largest absolute Gasteiger partial charge is 0.487 e. The van der Waals surface area contributed by atoms with E-state index in [1.807, 2.05) is 26.0 Å². The van der Waals surface area contributed by atoms with Gasteiger partial charge >= 0.3 is 0 Å². The van der Waals surface area contributed by atoms with Gasteiger partial charge in [-0.3, -0.25) is 4.79 Å². The van der Waals surface area contributed by atoms with E-state index in [4.69, 9.17) is 4.74 Å². The summed E-state index contributed by atoms with van der Waals surface area (Å²) in [5, 5.41) is 11.9. The van der Waals surface area contributed by atoms with Crippen LogP contribution in [0, 0.1) is 20.7 Å². The van der Waals surface area contributed by atoms with Crippen LogP contribution in [0.1, 0.15) is 25.0 Å². The summed E-state index contributed by atoms with van der Waals surface area (Å²) >= 11 is 5.57. The SMILES string of the molecule is CC(C)NC(=O)/C(C#N)=C\c1cc(Br)c(OCc2cccc(F)c2)c(I)c1. The van der Waals surface area contributed by atoms with Crippen LogP contribution in [0.4, 0.5) is 4.39 Å². The van der Waals surface area contributed by atoms with Crippen LogP contribution in [0.5, 0.6) is 5.75 Å². The van der Waals surface area contributed by atoms with E-state index in [0.717, 1.165) is 9.13 Å². The minimum atomic E-state index is -0.412. The van der Waals surface area contributed by atoms with Gasteiger partial charge in [0.25, 0.3) is 5.91 Å². The molecule has 0 aliphatic rings. The van der Waals surface area contributed by atoms with Gasteiger partial charge in [-0.15, -0.1) is 0 Å². The lowest BCUT2D eigenvalue weighted by Crippen LogP contribution is -2.30. The number of hydrogen-bond donors (Lipinski definition) is 1. The number of amides is 1. The zero-order valence-electron chi connectivity index (χ0n) is 14.7. The normalized spacial score (nSPS) is 11.2. The molecular weight excluding hydrogens is 526 g/mol. The summed E-state index contributed by atoms with van der Waals surface area (Å²) in [5.41, 5.74) is 1.44. The van der Waals surface area contributed by atoms with Crippen molar-refractivity contribution in [1.82, 2.24) is 5.32 Å². The molecule has 0 saturated carbocycles. The van der Waals surface area contributed by atoms with Gasteiger partial charge in [0.15, 0.2) is 0 Å². The van der Waals surface area contributed by atoms with Crippen LogP contribution in [0.25, 0.3) is 6.08 Å². The minimum Gasteiger partial charge on any atom is -0.487 e. The predicted molar refractivity (Wildman–Crippen MR) is 114 cm³/mol. The second kappa shape index (κ2) is 9.85. The van der Waals surface area contributed by atoms with Crippen molar-refractivity contribution in [3.05, 3.63) is 67.0 Å². The van der Waals surface area contributed by atoms with Crippen LogP contribution < -0.4 is 10.1 Å². The van der Waals surface area contributed by atoms with Gasteiger partial charge in [0.05, 0.1) is 8.04 Å². The van der Waals surface area contributed by atoms with E-state index in [9.17, 15) is 14.4 Å². The number of ether oxygens (including phenoxy) is 1. The fourth-order valence-corrected chi connectivity index (χ4v) is 4.01. The van der Waals surface area contributed by atoms with Gasteiger partial charge in [-0.2, -0.15) is 5.26 Å². The Morgan fingerprint density at radius 3 is 2.74 bits per heavy atom. The monoisotopic (exact) mass is 542 g/mol. The average molecular weight is 543 g/mol. The van der Waals surface area contributed by atoms with Crippen molar-refractivity contribution in [2.45, 2.75) is 26.5 Å². The Balaban J connectivity index is 2.21. The van der Waals surface area contributed by atoms with Gasteiger partial charge in [0.1, 0.15) is 29.8 Å². The molecule has 2 aromatic rings. The molecule has 1 N–H and O–H groups in total. The van der Waals surface area contributed by atoms with Crippen molar-refractivity contribution >= 4 is 50.5 Å². The first-order valence-electron chi connectivity index (χ1n) is 8.09. The molecule has 7 heteroatoms. The van der Waals surface area contributed by atoms with E-state index < -0.39 is 5.91 Å². The summed E-state index contributed by atoms with van der Waals surface area (Å²) in [5.74, 6) is -0.110. The van der Waals surface area contributed by atoms with Gasteiger partial charge in [-0.05, 0) is 93.8 Å². The molecule has 0 radical (unpaired) electrons. The zero-order chi connectivity index (χ0) is 20.0. The van der Waals surface area contributed by atoms with Crippen molar-refractivity contribution < 1.29 is 13.9 Å². The van der Waals surface area contributed by atoms with Gasteiger partial charge in [0.2, 0.25) is 0 Å². The molecule has 1 amide bonds. The molecule has 140 valence electrons. The smallest absolute Gasteiger partial charge is 0.262 e. The Kier molecular flexibility index (Phi) is 7.80. The maximum Gasteiger partial charge on any atom is 0.262 e. The molecule has 0 unspecified atom stereocenters. The van der Waals surface area contributed by atoms with Gasteiger partial charge in [-0.25, -0.2) is 4.39 Å². The van der Waals surface area contributed by atoms with Crippen LogP contribution >= 0.6 is 38.5 Å². The van der Waals surface area contributed by atoms with E-state index in [-0.39, 0.29) is 24.0 Å². The fraction of sp³-hybridized carbons (Fsp3) is 0.200. The van der Waals surface area contributed by atoms with Crippen LogP contribution in [0.3, 0.4) is 0 Å². The summed E-state index contributed by atoms with van der Waals surface area (Å²) in [6, 6.07) is 11.7. The second-order valence-electron chi connectivity index (χ2n) is 6.03. The lowest BCUT2D eigenvalue weighted by molar-refractivity contribution is -0.117. The Morgan fingerprint density at radius 2 is 2.15 bits per heavy atom. The van der Waals surface area contributed by atoms with E-state index in [1.54, 1.807) is 18.2 Å². The van der Waals surface area contributed by atoms with E-state index in [0.29, 0.717) is 15.8 Å². The number of nitrogens with zero attached hydrogens (tertiary/aromatic N) is 1. The Labute approximate surface area is 179 Å². The number of benzene rings is 2. The number of rotatable bonds is 6. The molecule has 27 heavy (non-hydrogen) atoms. The van der Waals surface area contributed by atoms with E-state index >= 15 is 0 Å². The average Bonchev–Trinajstić information content (AvgIpc) is 2.58. The molecule has 0 aliphatic carbocycles. The molecule has 0 bridgehead atoms. The Morgan fingerprint density at radius 1 is 1.41 bits per heavy atom. The Bertz CT molecular complexity index is 899. The van der Waals surface area contributed by atoms with Crippen molar-refractivity contribution in [1.29, 1.82) is 5.26 Å². The molecule has 0 saturated heterocycles. The summed E-state index contributed by atoms with van der Waals surface area (Å²) in [6.45, 7) is 3.89. The van der Waals surface area contributed by atoms with Crippen LogP contribution in [0.15, 0.2) is 46.4 Å². The highest BCUT2D eigenvalue weighted by molar-refractivity contribution is 14.1. The van der Waals surface area contributed by atoms with Crippen molar-refractivity contribution in [3.63, 3.8) is 0 Å². The van der Waals surface area contributed by atoms with Crippen LogP contribution in [-0.2, 0) is 11.4 Å².